The molecule has 4 nitrogen and oxygen atoms in total. The number of aldehydes is 1. The molecule has 4 heteroatoms. The molecule has 24 heavy (non-hydrogen) atoms. The van der Waals surface area contributed by atoms with E-state index in [1.165, 1.54) is 0 Å². The van der Waals surface area contributed by atoms with Gasteiger partial charge < -0.3 is 9.47 Å². The first-order valence-corrected chi connectivity index (χ1v) is 7.78. The number of hydrogen-bond donors (Lipinski definition) is 0. The molecule has 1 aliphatic rings. The average Bonchev–Trinajstić information content (AvgIpc) is 2.62. The Balaban J connectivity index is 1.97. The van der Waals surface area contributed by atoms with Gasteiger partial charge in [-0.2, -0.15) is 0 Å². The molecule has 0 aromatic heterocycles. The molecule has 0 spiro atoms. The average molecular weight is 322 g/mol. The molecule has 0 saturated carbocycles. The monoisotopic (exact) mass is 322 g/mol. The van der Waals surface area contributed by atoms with Crippen molar-refractivity contribution in [3.63, 3.8) is 0 Å². The maximum absolute atomic E-state index is 11.9. The van der Waals surface area contributed by atoms with E-state index in [-0.39, 0.29) is 6.42 Å². The van der Waals surface area contributed by atoms with Gasteiger partial charge in [-0.05, 0) is 11.6 Å². The van der Waals surface area contributed by atoms with Gasteiger partial charge in [0.1, 0.15) is 11.9 Å². The third-order valence-corrected chi connectivity index (χ3v) is 3.94. The molecule has 2 aromatic carbocycles. The highest BCUT2D eigenvalue weighted by atomic mass is 16.7. The number of Topliss-reactive ketones (excluding diaryl/α,β-unsaturated/α-hetero) is 1. The molecule has 1 heterocycles. The van der Waals surface area contributed by atoms with Gasteiger partial charge in [-0.25, -0.2) is 0 Å². The van der Waals surface area contributed by atoms with Crippen molar-refractivity contribution in [2.45, 2.75) is 25.2 Å². The predicted octanol–water partition coefficient (Wildman–Crippen LogP) is 3.47. The highest BCUT2D eigenvalue weighted by Crippen LogP contribution is 2.38. The van der Waals surface area contributed by atoms with Crippen LogP contribution in [-0.2, 0) is 24.8 Å². The first kappa shape index (κ1) is 16.1. The van der Waals surface area contributed by atoms with E-state index in [1.807, 2.05) is 66.7 Å². The lowest BCUT2D eigenvalue weighted by Gasteiger charge is -2.39. The van der Waals surface area contributed by atoms with E-state index >= 15 is 0 Å². The Morgan fingerprint density at radius 1 is 1.08 bits per heavy atom. The van der Waals surface area contributed by atoms with Gasteiger partial charge in [0, 0.05) is 18.9 Å². The number of ketones is 1. The minimum absolute atomic E-state index is 0.231. The second-order valence-electron chi connectivity index (χ2n) is 5.77. The van der Waals surface area contributed by atoms with Gasteiger partial charge in [0.2, 0.25) is 11.6 Å². The molecule has 2 aromatic rings. The maximum Gasteiger partial charge on any atom is 0.234 e. The molecule has 122 valence electrons. The first-order valence-electron chi connectivity index (χ1n) is 7.78. The van der Waals surface area contributed by atoms with Crippen LogP contribution in [0.5, 0.6) is 0 Å². The molecule has 2 unspecified atom stereocenters. The van der Waals surface area contributed by atoms with E-state index in [1.54, 1.807) is 6.92 Å². The van der Waals surface area contributed by atoms with Crippen LogP contribution in [0.2, 0.25) is 0 Å². The summed E-state index contributed by atoms with van der Waals surface area (Å²) in [4.78, 5) is 22.8. The normalized spacial score (nSPS) is 25.0. The number of rotatable bonds is 4. The topological polar surface area (TPSA) is 52.6 Å². The lowest BCUT2D eigenvalue weighted by molar-refractivity contribution is -0.260. The second kappa shape index (κ2) is 6.81. The Morgan fingerprint density at radius 2 is 1.71 bits per heavy atom. The summed E-state index contributed by atoms with van der Waals surface area (Å²) < 4.78 is 11.9. The summed E-state index contributed by atoms with van der Waals surface area (Å²) in [6, 6.07) is 19.1. The van der Waals surface area contributed by atoms with Crippen LogP contribution in [-0.4, -0.2) is 18.2 Å². The van der Waals surface area contributed by atoms with Gasteiger partial charge in [-0.1, -0.05) is 60.7 Å². The standard InChI is InChI=1S/C20H18O4/c1-20(16-10-6-3-7-11-16)23-17(12-15-8-4-2-5-9-15)13-19(24-20)18(22)14-21/h2-12,14,19H,13H2,1H3. The Kier molecular flexibility index (Phi) is 4.58. The molecule has 0 aliphatic carbocycles. The summed E-state index contributed by atoms with van der Waals surface area (Å²) in [6.45, 7) is 1.76. The van der Waals surface area contributed by atoms with E-state index in [0.717, 1.165) is 11.1 Å². The highest BCUT2D eigenvalue weighted by molar-refractivity contribution is 6.27. The number of hydrogen-bond acceptors (Lipinski definition) is 4. The van der Waals surface area contributed by atoms with Crippen molar-refractivity contribution in [1.82, 2.24) is 0 Å². The van der Waals surface area contributed by atoms with Gasteiger partial charge in [-0.15, -0.1) is 0 Å². The van der Waals surface area contributed by atoms with Crippen molar-refractivity contribution in [2.24, 2.45) is 0 Å². The molecule has 0 amide bonds. The highest BCUT2D eigenvalue weighted by Gasteiger charge is 2.41. The van der Waals surface area contributed by atoms with Gasteiger partial charge in [0.25, 0.3) is 0 Å². The van der Waals surface area contributed by atoms with E-state index < -0.39 is 17.7 Å². The van der Waals surface area contributed by atoms with E-state index in [9.17, 15) is 9.59 Å². The molecule has 1 saturated heterocycles. The van der Waals surface area contributed by atoms with Crippen molar-refractivity contribution in [1.29, 1.82) is 0 Å². The van der Waals surface area contributed by atoms with Crippen molar-refractivity contribution in [3.8, 4) is 0 Å². The van der Waals surface area contributed by atoms with Crippen LogP contribution in [0.4, 0.5) is 0 Å². The molecule has 3 rings (SSSR count). The molecule has 1 fully saturated rings. The van der Waals surface area contributed by atoms with Crippen molar-refractivity contribution < 1.29 is 19.1 Å². The van der Waals surface area contributed by atoms with Crippen LogP contribution >= 0.6 is 0 Å². The minimum atomic E-state index is -1.12. The third-order valence-electron chi connectivity index (χ3n) is 3.94. The van der Waals surface area contributed by atoms with Crippen molar-refractivity contribution in [2.75, 3.05) is 0 Å². The van der Waals surface area contributed by atoms with Crippen LogP contribution in [0.1, 0.15) is 24.5 Å². The Hall–Kier alpha value is -2.72. The van der Waals surface area contributed by atoms with Crippen LogP contribution in [0.25, 0.3) is 6.08 Å². The summed E-state index contributed by atoms with van der Waals surface area (Å²) in [5.74, 6) is -1.10. The molecule has 2 atom stereocenters. The summed E-state index contributed by atoms with van der Waals surface area (Å²) in [5, 5.41) is 0. The SMILES string of the molecule is CC1(c2ccccc2)OC(=Cc2ccccc2)CC(C(=O)C=O)O1. The minimum Gasteiger partial charge on any atom is -0.462 e. The summed E-state index contributed by atoms with van der Waals surface area (Å²) in [5.41, 5.74) is 1.74. The third kappa shape index (κ3) is 3.44. The zero-order valence-electron chi connectivity index (χ0n) is 13.3. The van der Waals surface area contributed by atoms with Gasteiger partial charge in [0.05, 0.1) is 0 Å². The van der Waals surface area contributed by atoms with Gasteiger partial charge in [-0.3, -0.25) is 9.59 Å². The van der Waals surface area contributed by atoms with Crippen LogP contribution < -0.4 is 0 Å². The number of carbonyl (C=O) groups excluding carboxylic acids is 2. The largest absolute Gasteiger partial charge is 0.462 e. The Morgan fingerprint density at radius 3 is 2.33 bits per heavy atom. The van der Waals surface area contributed by atoms with Crippen LogP contribution in [0.15, 0.2) is 66.4 Å². The van der Waals surface area contributed by atoms with Crippen LogP contribution in [0, 0.1) is 0 Å². The molecule has 0 radical (unpaired) electrons. The molecule has 0 N–H and O–H groups in total. The Labute approximate surface area is 140 Å². The lowest BCUT2D eigenvalue weighted by atomic mass is 10.0. The first-order chi connectivity index (χ1) is 11.6. The van der Waals surface area contributed by atoms with E-state index in [4.69, 9.17) is 9.47 Å². The predicted molar refractivity (Wildman–Crippen MR) is 89.9 cm³/mol. The molecule has 1 aliphatic heterocycles. The van der Waals surface area contributed by atoms with Gasteiger partial charge >= 0.3 is 0 Å². The van der Waals surface area contributed by atoms with Crippen molar-refractivity contribution >= 4 is 18.1 Å². The van der Waals surface area contributed by atoms with Gasteiger partial charge in [0.15, 0.2) is 6.29 Å². The van der Waals surface area contributed by atoms with Crippen molar-refractivity contribution in [3.05, 3.63) is 77.5 Å². The van der Waals surface area contributed by atoms with E-state index in [0.29, 0.717) is 12.0 Å². The summed E-state index contributed by atoms with van der Waals surface area (Å²) >= 11 is 0. The summed E-state index contributed by atoms with van der Waals surface area (Å²) in [6.07, 6.45) is 1.56. The quantitative estimate of drug-likeness (QED) is 0.639. The zero-order chi connectivity index (χ0) is 17.0. The fourth-order valence-electron chi connectivity index (χ4n) is 2.74. The van der Waals surface area contributed by atoms with Crippen LogP contribution in [0.3, 0.4) is 0 Å². The number of ether oxygens (including phenoxy) is 2. The molecule has 0 bridgehead atoms. The summed E-state index contributed by atoms with van der Waals surface area (Å²) in [7, 11) is 0. The fraction of sp³-hybridized carbons (Fsp3) is 0.200. The number of carbonyl (C=O) groups is 2. The number of benzene rings is 2. The zero-order valence-corrected chi connectivity index (χ0v) is 13.3. The van der Waals surface area contributed by atoms with E-state index in [2.05, 4.69) is 0 Å². The molecular formula is C20H18O4. The Bertz CT molecular complexity index is 752. The molecular weight excluding hydrogens is 304 g/mol. The lowest BCUT2D eigenvalue weighted by Crippen LogP contribution is -2.43. The maximum atomic E-state index is 11.9. The fourth-order valence-corrected chi connectivity index (χ4v) is 2.74. The smallest absolute Gasteiger partial charge is 0.234 e. The second-order valence-corrected chi connectivity index (χ2v) is 5.77.